The van der Waals surface area contributed by atoms with Crippen molar-refractivity contribution >= 4 is 60.8 Å². The lowest BCUT2D eigenvalue weighted by molar-refractivity contribution is 0.661. The zero-order chi connectivity index (χ0) is 36.0. The van der Waals surface area contributed by atoms with Gasteiger partial charge in [-0.05, 0) is 111 Å². The van der Waals surface area contributed by atoms with Crippen LogP contribution in [0.5, 0.6) is 0 Å². The lowest BCUT2D eigenvalue weighted by atomic mass is 9.82. The summed E-state index contributed by atoms with van der Waals surface area (Å²) < 4.78 is 6.35. The highest BCUT2D eigenvalue weighted by atomic mass is 16.3. The maximum Gasteiger partial charge on any atom is 0.137 e. The molecule has 1 aliphatic rings. The fourth-order valence-electron chi connectivity index (χ4n) is 8.88. The number of nitrogens with zero attached hydrogens (tertiary/aromatic N) is 1. The minimum absolute atomic E-state index is 0.0294. The number of benzene rings is 8. The second kappa shape index (κ2) is 11.6. The van der Waals surface area contributed by atoms with E-state index in [9.17, 15) is 0 Å². The van der Waals surface area contributed by atoms with Crippen molar-refractivity contribution in [1.29, 1.82) is 0 Å². The van der Waals surface area contributed by atoms with Crippen molar-refractivity contribution in [3.8, 4) is 33.4 Å². The highest BCUT2D eigenvalue weighted by molar-refractivity contribution is 6.14. The van der Waals surface area contributed by atoms with Crippen molar-refractivity contribution in [3.63, 3.8) is 0 Å². The van der Waals surface area contributed by atoms with Gasteiger partial charge in [0, 0.05) is 44.0 Å². The van der Waals surface area contributed by atoms with Gasteiger partial charge in [-0.3, -0.25) is 0 Å². The first kappa shape index (κ1) is 30.8. The van der Waals surface area contributed by atoms with Gasteiger partial charge < -0.3 is 14.3 Å². The maximum absolute atomic E-state index is 6.35. The van der Waals surface area contributed by atoms with Gasteiger partial charge in [-0.1, -0.05) is 123 Å². The highest BCUT2D eigenvalue weighted by Crippen LogP contribution is 2.50. The van der Waals surface area contributed by atoms with E-state index in [1.165, 1.54) is 60.8 Å². The van der Waals surface area contributed by atoms with Gasteiger partial charge in [0.25, 0.3) is 0 Å². The number of aromatic nitrogens is 1. The average molecular weight is 693 g/mol. The Morgan fingerprint density at radius 1 is 0.444 bits per heavy atom. The van der Waals surface area contributed by atoms with E-state index in [0.717, 1.165) is 44.5 Å². The predicted molar refractivity (Wildman–Crippen MR) is 226 cm³/mol. The Morgan fingerprint density at radius 3 is 1.87 bits per heavy atom. The molecule has 0 unspecified atom stereocenters. The van der Waals surface area contributed by atoms with E-state index in [4.69, 9.17) is 4.42 Å². The molecule has 0 amide bonds. The van der Waals surface area contributed by atoms with Crippen molar-refractivity contribution in [2.45, 2.75) is 19.3 Å². The van der Waals surface area contributed by atoms with Gasteiger partial charge in [-0.25, -0.2) is 0 Å². The molecular weight excluding hydrogens is 657 g/mol. The largest absolute Gasteiger partial charge is 0.456 e. The molecule has 0 radical (unpaired) electrons. The third kappa shape index (κ3) is 4.61. The summed E-state index contributed by atoms with van der Waals surface area (Å²) in [6.45, 7) is 4.68. The molecule has 0 saturated carbocycles. The van der Waals surface area contributed by atoms with Crippen LogP contribution in [0.15, 0.2) is 180 Å². The van der Waals surface area contributed by atoms with Crippen LogP contribution >= 0.6 is 0 Å². The summed E-state index contributed by atoms with van der Waals surface area (Å²) in [4.78, 5) is 6.09. The number of anilines is 3. The molecule has 2 heterocycles. The normalized spacial score (nSPS) is 13.1. The first-order chi connectivity index (χ1) is 26.5. The molecule has 0 saturated heterocycles. The first-order valence-electron chi connectivity index (χ1n) is 18.7. The summed E-state index contributed by atoms with van der Waals surface area (Å²) in [5, 5.41) is 4.72. The fourth-order valence-corrected chi connectivity index (χ4v) is 8.88. The Hall–Kier alpha value is -6.84. The average Bonchev–Trinajstić information content (AvgIpc) is 3.85. The molecule has 54 heavy (non-hydrogen) atoms. The highest BCUT2D eigenvalue weighted by Gasteiger charge is 2.35. The molecule has 2 aromatic heterocycles. The van der Waals surface area contributed by atoms with E-state index >= 15 is 0 Å². The summed E-state index contributed by atoms with van der Waals surface area (Å²) >= 11 is 0. The lowest BCUT2D eigenvalue weighted by Gasteiger charge is -2.26. The minimum Gasteiger partial charge on any atom is -0.456 e. The van der Waals surface area contributed by atoms with Gasteiger partial charge in [0.1, 0.15) is 11.2 Å². The van der Waals surface area contributed by atoms with Crippen LogP contribution in [0.3, 0.4) is 0 Å². The van der Waals surface area contributed by atoms with Crippen molar-refractivity contribution in [2.75, 3.05) is 4.90 Å². The van der Waals surface area contributed by atoms with E-state index in [1.807, 2.05) is 12.1 Å². The molecule has 1 aliphatic carbocycles. The van der Waals surface area contributed by atoms with Crippen LogP contribution < -0.4 is 4.90 Å². The fraction of sp³-hybridized carbons (Fsp3) is 0.0588. The molecule has 0 bridgehead atoms. The number of para-hydroxylation sites is 1. The van der Waals surface area contributed by atoms with Crippen LogP contribution in [-0.2, 0) is 5.41 Å². The number of hydrogen-bond acceptors (Lipinski definition) is 2. The monoisotopic (exact) mass is 692 g/mol. The zero-order valence-corrected chi connectivity index (χ0v) is 30.1. The van der Waals surface area contributed by atoms with Crippen LogP contribution in [0.2, 0.25) is 0 Å². The maximum atomic E-state index is 6.35. The molecule has 1 N–H and O–H groups in total. The topological polar surface area (TPSA) is 32.2 Å². The van der Waals surface area contributed by atoms with E-state index in [-0.39, 0.29) is 5.41 Å². The van der Waals surface area contributed by atoms with Gasteiger partial charge in [-0.2, -0.15) is 0 Å². The quantitative estimate of drug-likeness (QED) is 0.195. The number of hydrogen-bond donors (Lipinski definition) is 1. The Balaban J connectivity index is 1.02. The number of nitrogens with one attached hydrogen (secondary N) is 1. The van der Waals surface area contributed by atoms with E-state index in [1.54, 1.807) is 0 Å². The van der Waals surface area contributed by atoms with Crippen LogP contribution in [0.25, 0.3) is 77.1 Å². The summed E-state index contributed by atoms with van der Waals surface area (Å²) in [5.74, 6) is 0. The third-order valence-corrected chi connectivity index (χ3v) is 11.6. The van der Waals surface area contributed by atoms with Crippen molar-refractivity contribution in [2.24, 2.45) is 0 Å². The van der Waals surface area contributed by atoms with Gasteiger partial charge in [0.15, 0.2) is 0 Å². The number of aromatic amines is 1. The summed E-state index contributed by atoms with van der Waals surface area (Å²) in [6.07, 6.45) is 0. The third-order valence-electron chi connectivity index (χ3n) is 11.6. The van der Waals surface area contributed by atoms with Gasteiger partial charge in [0.2, 0.25) is 0 Å². The molecule has 8 aromatic carbocycles. The molecule has 11 rings (SSSR count). The zero-order valence-electron chi connectivity index (χ0n) is 30.1. The predicted octanol–water partition coefficient (Wildman–Crippen LogP) is 14.3. The van der Waals surface area contributed by atoms with Crippen molar-refractivity contribution in [3.05, 3.63) is 187 Å². The molecular formula is C51H36N2O. The first-order valence-corrected chi connectivity index (χ1v) is 18.7. The van der Waals surface area contributed by atoms with Gasteiger partial charge in [-0.15, -0.1) is 0 Å². The van der Waals surface area contributed by atoms with Crippen molar-refractivity contribution in [1.82, 2.24) is 4.98 Å². The molecule has 0 atom stereocenters. The lowest BCUT2D eigenvalue weighted by Crippen LogP contribution is -2.14. The van der Waals surface area contributed by atoms with E-state index in [2.05, 4.69) is 188 Å². The second-order valence-electron chi connectivity index (χ2n) is 15.0. The summed E-state index contributed by atoms with van der Waals surface area (Å²) in [6, 6.07) is 63.5. The Kier molecular flexibility index (Phi) is 6.60. The SMILES string of the molecule is CC1(C)c2ccccc2-c2cc3c(cc21)[nH]c1ccc(-c2ccc(N(c4ccc(-c5ccccc5)cc4)c4cccc5oc6ccccc6c45)cc2)cc13. The Labute approximate surface area is 313 Å². The molecule has 0 aliphatic heterocycles. The standard InChI is InChI=1S/C51H36N2O/c1-51(2)43-15-8-6-13-38(43)40-30-42-41-29-35(23-28-45(41)52-46(42)31-44(40)51)34-21-26-37(27-22-34)53(36-24-19-33(20-25-36)32-11-4-3-5-12-32)47-16-10-18-49-50(47)39-14-7-9-17-48(39)54-49/h3-31,52H,1-2H3. The number of furan rings is 1. The second-order valence-corrected chi connectivity index (χ2v) is 15.0. The van der Waals surface area contributed by atoms with Crippen molar-refractivity contribution < 1.29 is 4.42 Å². The van der Waals surface area contributed by atoms with Crippen LogP contribution in [0.1, 0.15) is 25.0 Å². The molecule has 0 spiro atoms. The van der Waals surface area contributed by atoms with E-state index < -0.39 is 0 Å². The van der Waals surface area contributed by atoms with Crippen LogP contribution in [0, 0.1) is 0 Å². The summed E-state index contributed by atoms with van der Waals surface area (Å²) in [7, 11) is 0. The van der Waals surface area contributed by atoms with Crippen LogP contribution in [0.4, 0.5) is 17.1 Å². The number of rotatable bonds is 5. The minimum atomic E-state index is -0.0294. The molecule has 10 aromatic rings. The Bertz CT molecular complexity index is 3060. The molecule has 3 heteroatoms. The number of H-pyrrole nitrogens is 1. The smallest absolute Gasteiger partial charge is 0.137 e. The van der Waals surface area contributed by atoms with Gasteiger partial charge in [0.05, 0.1) is 11.1 Å². The molecule has 3 nitrogen and oxygen atoms in total. The number of fused-ring (bicyclic) bond motifs is 9. The van der Waals surface area contributed by atoms with Gasteiger partial charge >= 0.3 is 0 Å². The molecule has 0 fully saturated rings. The molecule has 256 valence electrons. The summed E-state index contributed by atoms with van der Waals surface area (Å²) in [5.41, 5.74) is 17.6. The Morgan fingerprint density at radius 2 is 1.07 bits per heavy atom. The van der Waals surface area contributed by atoms with E-state index in [0.29, 0.717) is 0 Å². The van der Waals surface area contributed by atoms with Crippen LogP contribution in [-0.4, -0.2) is 4.98 Å².